The first-order valence-electron chi connectivity index (χ1n) is 7.89. The third-order valence-corrected chi connectivity index (χ3v) is 6.57. The van der Waals surface area contributed by atoms with Crippen LogP contribution >= 0.6 is 12.4 Å². The topological polar surface area (TPSA) is 107 Å². The minimum Gasteiger partial charge on any atom is -0.398 e. The molecule has 9 heteroatoms. The monoisotopic (exact) mass is 397 g/mol. The molecule has 0 aliphatic carbocycles. The maximum Gasteiger partial charge on any atom is 0.271 e. The number of nitrogen functional groups attached to an aromatic ring is 1. The minimum absolute atomic E-state index is 0. The van der Waals surface area contributed by atoms with Gasteiger partial charge in [-0.3, -0.25) is 14.4 Å². The number of hydrogen-bond acceptors (Lipinski definition) is 5. The van der Waals surface area contributed by atoms with E-state index in [2.05, 4.69) is 0 Å². The molecule has 0 saturated carbocycles. The average Bonchev–Trinajstić information content (AvgIpc) is 2.56. The molecule has 1 aliphatic rings. The third kappa shape index (κ3) is 3.22. The van der Waals surface area contributed by atoms with Crippen LogP contribution in [0.1, 0.15) is 23.1 Å². The summed E-state index contributed by atoms with van der Waals surface area (Å²) in [7, 11) is -3.93. The molecule has 0 unspecified atom stereocenters. The Hall–Kier alpha value is -2.32. The Balaban J connectivity index is 0.00000243. The molecule has 0 radical (unpaired) electrons. The molecule has 0 amide bonds. The van der Waals surface area contributed by atoms with Crippen molar-refractivity contribution in [3.8, 4) is 0 Å². The Morgan fingerprint density at radius 2 is 1.92 bits per heavy atom. The highest BCUT2D eigenvalue weighted by Crippen LogP contribution is 2.36. The molecule has 1 heterocycles. The number of nitrogens with zero attached hydrogens (tertiary/aromatic N) is 2. The zero-order valence-electron chi connectivity index (χ0n) is 14.4. The second kappa shape index (κ2) is 7.13. The standard InChI is InChI=1S/C17H19N3O4S.ClH/c1-11-9-13(20(21)22)10-17(12(11)2)25(23,24)19-8-4-5-14-15(18)6-3-7-16(14)19;/h3,6-7,9-10H,4-5,8,18H2,1-2H3;1H. The molecular weight excluding hydrogens is 378 g/mol. The molecule has 140 valence electrons. The number of benzene rings is 2. The van der Waals surface area contributed by atoms with Gasteiger partial charge in [0.15, 0.2) is 0 Å². The molecule has 0 spiro atoms. The Kier molecular flexibility index (Phi) is 5.48. The first-order chi connectivity index (χ1) is 11.7. The summed E-state index contributed by atoms with van der Waals surface area (Å²) in [5, 5.41) is 11.1. The summed E-state index contributed by atoms with van der Waals surface area (Å²) in [4.78, 5) is 10.5. The number of sulfonamides is 1. The zero-order chi connectivity index (χ0) is 18.4. The molecular formula is C17H20ClN3O4S. The molecule has 0 bridgehead atoms. The molecule has 0 fully saturated rings. The number of nitro groups is 1. The van der Waals surface area contributed by atoms with Crippen molar-refractivity contribution < 1.29 is 13.3 Å². The van der Waals surface area contributed by atoms with E-state index >= 15 is 0 Å². The van der Waals surface area contributed by atoms with E-state index in [4.69, 9.17) is 5.73 Å². The summed E-state index contributed by atoms with van der Waals surface area (Å²) in [6.45, 7) is 3.65. The van der Waals surface area contributed by atoms with Crippen LogP contribution in [-0.2, 0) is 16.4 Å². The lowest BCUT2D eigenvalue weighted by atomic mass is 10.0. The number of hydrogen-bond donors (Lipinski definition) is 1. The number of nitrogens with two attached hydrogens (primary N) is 1. The normalized spacial score (nSPS) is 13.7. The quantitative estimate of drug-likeness (QED) is 0.485. The van der Waals surface area contributed by atoms with Crippen molar-refractivity contribution in [3.63, 3.8) is 0 Å². The second-order valence-corrected chi connectivity index (χ2v) is 8.00. The van der Waals surface area contributed by atoms with Crippen molar-refractivity contribution in [2.45, 2.75) is 31.6 Å². The van der Waals surface area contributed by atoms with Gasteiger partial charge >= 0.3 is 0 Å². The van der Waals surface area contributed by atoms with Crippen molar-refractivity contribution in [3.05, 3.63) is 57.1 Å². The second-order valence-electron chi connectivity index (χ2n) is 6.17. The first kappa shape index (κ1) is 20.0. The van der Waals surface area contributed by atoms with Crippen LogP contribution in [0, 0.1) is 24.0 Å². The average molecular weight is 398 g/mol. The van der Waals surface area contributed by atoms with E-state index in [0.717, 1.165) is 11.6 Å². The maximum absolute atomic E-state index is 13.3. The van der Waals surface area contributed by atoms with Crippen molar-refractivity contribution in [1.29, 1.82) is 0 Å². The van der Waals surface area contributed by atoms with Gasteiger partial charge in [0.1, 0.15) is 0 Å². The van der Waals surface area contributed by atoms with E-state index in [1.165, 1.54) is 10.4 Å². The molecule has 2 N–H and O–H groups in total. The number of nitro benzene ring substituents is 1. The van der Waals surface area contributed by atoms with Gasteiger partial charge in [0.05, 0.1) is 15.5 Å². The zero-order valence-corrected chi connectivity index (χ0v) is 16.1. The summed E-state index contributed by atoms with van der Waals surface area (Å²) in [5.41, 5.74) is 8.76. The molecule has 2 aromatic carbocycles. The van der Waals surface area contributed by atoms with E-state index < -0.39 is 14.9 Å². The minimum atomic E-state index is -3.93. The fraction of sp³-hybridized carbons (Fsp3) is 0.294. The molecule has 2 aromatic rings. The van der Waals surface area contributed by atoms with Gasteiger partial charge in [-0.15, -0.1) is 12.4 Å². The van der Waals surface area contributed by atoms with Crippen LogP contribution in [0.2, 0.25) is 0 Å². The summed E-state index contributed by atoms with van der Waals surface area (Å²) in [6.07, 6.45) is 1.36. The summed E-state index contributed by atoms with van der Waals surface area (Å²) < 4.78 is 27.9. The Labute approximate surface area is 158 Å². The van der Waals surface area contributed by atoms with E-state index in [9.17, 15) is 18.5 Å². The molecule has 0 atom stereocenters. The fourth-order valence-corrected chi connectivity index (χ4v) is 5.02. The number of non-ortho nitro benzene ring substituents is 1. The van der Waals surface area contributed by atoms with E-state index in [1.54, 1.807) is 32.0 Å². The Morgan fingerprint density at radius 3 is 2.58 bits per heavy atom. The van der Waals surface area contributed by atoms with Crippen LogP contribution in [0.15, 0.2) is 35.2 Å². The predicted octanol–water partition coefficient (Wildman–Crippen LogP) is 3.36. The van der Waals surface area contributed by atoms with Crippen molar-refractivity contribution in [2.24, 2.45) is 0 Å². The van der Waals surface area contributed by atoms with Crippen LogP contribution in [0.3, 0.4) is 0 Å². The van der Waals surface area contributed by atoms with Crippen LogP contribution in [-0.4, -0.2) is 19.9 Å². The van der Waals surface area contributed by atoms with Crippen LogP contribution in [0.25, 0.3) is 0 Å². The third-order valence-electron chi connectivity index (χ3n) is 4.63. The van der Waals surface area contributed by atoms with Gasteiger partial charge in [-0.05, 0) is 55.5 Å². The van der Waals surface area contributed by atoms with Gasteiger partial charge in [0.25, 0.3) is 15.7 Å². The number of fused-ring (bicyclic) bond motifs is 1. The van der Waals surface area contributed by atoms with Crippen LogP contribution in [0.4, 0.5) is 17.1 Å². The SMILES string of the molecule is Cc1cc([N+](=O)[O-])cc(S(=O)(=O)N2CCCc3c(N)cccc32)c1C.Cl. The van der Waals surface area contributed by atoms with Gasteiger partial charge in [0, 0.05) is 24.4 Å². The summed E-state index contributed by atoms with van der Waals surface area (Å²) in [5.74, 6) is 0. The van der Waals surface area contributed by atoms with Crippen LogP contribution in [0.5, 0.6) is 0 Å². The lowest BCUT2D eigenvalue weighted by molar-refractivity contribution is -0.385. The van der Waals surface area contributed by atoms with E-state index in [-0.39, 0.29) is 23.0 Å². The lowest BCUT2D eigenvalue weighted by Crippen LogP contribution is -2.36. The maximum atomic E-state index is 13.3. The number of rotatable bonds is 3. The molecule has 26 heavy (non-hydrogen) atoms. The highest BCUT2D eigenvalue weighted by atomic mass is 35.5. The van der Waals surface area contributed by atoms with Crippen LogP contribution < -0.4 is 10.0 Å². The smallest absolute Gasteiger partial charge is 0.271 e. The molecule has 7 nitrogen and oxygen atoms in total. The molecule has 1 aliphatic heterocycles. The highest BCUT2D eigenvalue weighted by Gasteiger charge is 2.32. The summed E-state index contributed by atoms with van der Waals surface area (Å²) in [6, 6.07) is 7.71. The largest absolute Gasteiger partial charge is 0.398 e. The van der Waals surface area contributed by atoms with Gasteiger partial charge in [0.2, 0.25) is 0 Å². The number of anilines is 2. The van der Waals surface area contributed by atoms with Crippen molar-refractivity contribution in [1.82, 2.24) is 0 Å². The fourth-order valence-electron chi connectivity index (χ4n) is 3.17. The lowest BCUT2D eigenvalue weighted by Gasteiger charge is -2.31. The highest BCUT2D eigenvalue weighted by molar-refractivity contribution is 7.92. The van der Waals surface area contributed by atoms with Crippen molar-refractivity contribution >= 4 is 39.5 Å². The van der Waals surface area contributed by atoms with Gasteiger partial charge < -0.3 is 5.73 Å². The van der Waals surface area contributed by atoms with E-state index in [1.807, 2.05) is 0 Å². The van der Waals surface area contributed by atoms with E-state index in [0.29, 0.717) is 41.9 Å². The predicted molar refractivity (Wildman–Crippen MR) is 104 cm³/mol. The van der Waals surface area contributed by atoms with Gasteiger partial charge in [-0.25, -0.2) is 8.42 Å². The van der Waals surface area contributed by atoms with Crippen molar-refractivity contribution in [2.75, 3.05) is 16.6 Å². The van der Waals surface area contributed by atoms with Gasteiger partial charge in [-0.1, -0.05) is 6.07 Å². The number of aryl methyl sites for hydroxylation is 1. The molecule has 3 rings (SSSR count). The summed E-state index contributed by atoms with van der Waals surface area (Å²) >= 11 is 0. The van der Waals surface area contributed by atoms with Gasteiger partial charge in [-0.2, -0.15) is 0 Å². The Morgan fingerprint density at radius 1 is 1.23 bits per heavy atom. The molecule has 0 saturated heterocycles. The number of halogens is 1. The molecule has 0 aromatic heterocycles. The first-order valence-corrected chi connectivity index (χ1v) is 9.33. The Bertz CT molecular complexity index is 976.